The number of Topliss-reactive ketones (excluding diaryl/α,β-unsaturated/α-hetero) is 1. The van der Waals surface area contributed by atoms with Gasteiger partial charge in [0.2, 0.25) is 0 Å². The van der Waals surface area contributed by atoms with Gasteiger partial charge in [-0.25, -0.2) is 4.98 Å². The van der Waals surface area contributed by atoms with Gasteiger partial charge in [0.15, 0.2) is 5.78 Å². The number of nitrogens with one attached hydrogen (secondary N) is 1. The van der Waals surface area contributed by atoms with Crippen molar-refractivity contribution >= 4 is 22.8 Å². The van der Waals surface area contributed by atoms with Crippen LogP contribution < -0.4 is 5.32 Å². The number of ketones is 1. The lowest BCUT2D eigenvalue weighted by molar-refractivity contribution is 0.0976. The summed E-state index contributed by atoms with van der Waals surface area (Å²) in [5.41, 5.74) is 4.05. The van der Waals surface area contributed by atoms with E-state index in [1.165, 1.54) is 0 Å². The van der Waals surface area contributed by atoms with Crippen molar-refractivity contribution in [3.8, 4) is 21.8 Å². The van der Waals surface area contributed by atoms with E-state index in [9.17, 15) is 4.79 Å². The topological polar surface area (TPSA) is 79.5 Å². The average Bonchev–Trinajstić information content (AvgIpc) is 3.45. The van der Waals surface area contributed by atoms with Gasteiger partial charge in [0.25, 0.3) is 0 Å². The highest BCUT2D eigenvalue weighted by molar-refractivity contribution is 7.13. The fourth-order valence-electron chi connectivity index (χ4n) is 3.40. The zero-order valence-corrected chi connectivity index (χ0v) is 17.6. The molecule has 0 aliphatic rings. The first-order valence-corrected chi connectivity index (χ1v) is 10.9. The third-order valence-electron chi connectivity index (χ3n) is 5.05. The second-order valence-corrected chi connectivity index (χ2v) is 8.17. The minimum atomic E-state index is 0.0899. The van der Waals surface area contributed by atoms with Gasteiger partial charge in [-0.15, -0.1) is 11.3 Å². The van der Waals surface area contributed by atoms with Crippen molar-refractivity contribution in [2.45, 2.75) is 25.8 Å². The predicted molar refractivity (Wildman–Crippen MR) is 120 cm³/mol. The number of pyridine rings is 1. The first-order chi connectivity index (χ1) is 14.7. The molecular formula is C23H24N4O2S. The van der Waals surface area contributed by atoms with Crippen LogP contribution >= 0.6 is 11.3 Å². The summed E-state index contributed by atoms with van der Waals surface area (Å²) in [5.74, 6) is 0.0899. The molecule has 0 radical (unpaired) electrons. The van der Waals surface area contributed by atoms with E-state index in [0.29, 0.717) is 18.5 Å². The lowest BCUT2D eigenvalue weighted by Gasteiger charge is -2.12. The van der Waals surface area contributed by atoms with Gasteiger partial charge >= 0.3 is 0 Å². The van der Waals surface area contributed by atoms with E-state index in [4.69, 9.17) is 10.1 Å². The monoisotopic (exact) mass is 420 g/mol. The van der Waals surface area contributed by atoms with Crippen LogP contribution in [0.2, 0.25) is 0 Å². The van der Waals surface area contributed by atoms with Crippen molar-refractivity contribution in [1.82, 2.24) is 19.7 Å². The van der Waals surface area contributed by atoms with Gasteiger partial charge in [0, 0.05) is 48.7 Å². The Morgan fingerprint density at radius 1 is 1.23 bits per heavy atom. The number of aromatic nitrogens is 3. The quantitative estimate of drug-likeness (QED) is 0.399. The van der Waals surface area contributed by atoms with Crippen molar-refractivity contribution in [1.29, 1.82) is 0 Å². The molecule has 0 bridgehead atoms. The molecule has 4 heterocycles. The van der Waals surface area contributed by atoms with Crippen LogP contribution in [-0.2, 0) is 0 Å². The second-order valence-electron chi connectivity index (χ2n) is 7.22. The third-order valence-corrected chi connectivity index (χ3v) is 5.94. The van der Waals surface area contributed by atoms with Crippen molar-refractivity contribution in [2.75, 3.05) is 13.2 Å². The summed E-state index contributed by atoms with van der Waals surface area (Å²) in [6.45, 7) is 2.65. The highest BCUT2D eigenvalue weighted by Crippen LogP contribution is 2.28. The molecule has 0 spiro atoms. The first kappa shape index (κ1) is 20.4. The Morgan fingerprint density at radius 3 is 2.90 bits per heavy atom. The summed E-state index contributed by atoms with van der Waals surface area (Å²) in [4.78, 5) is 23.1. The zero-order valence-electron chi connectivity index (χ0n) is 16.8. The van der Waals surface area contributed by atoms with E-state index >= 15 is 0 Å². The summed E-state index contributed by atoms with van der Waals surface area (Å²) >= 11 is 1.66. The maximum Gasteiger partial charge on any atom is 0.163 e. The van der Waals surface area contributed by atoms with Gasteiger partial charge < -0.3 is 14.8 Å². The Kier molecular flexibility index (Phi) is 6.32. The Bertz CT molecular complexity index is 1140. The van der Waals surface area contributed by atoms with E-state index in [2.05, 4.69) is 16.4 Å². The van der Waals surface area contributed by atoms with Gasteiger partial charge in [0.05, 0.1) is 22.9 Å². The van der Waals surface area contributed by atoms with Crippen molar-refractivity contribution in [3.63, 3.8) is 0 Å². The molecule has 1 atom stereocenters. The molecule has 0 amide bonds. The smallest absolute Gasteiger partial charge is 0.163 e. The van der Waals surface area contributed by atoms with E-state index < -0.39 is 0 Å². The molecular weight excluding hydrogens is 396 g/mol. The number of aliphatic hydroxyl groups is 1. The SMILES string of the molecule is C[C@@H](CCC(=O)c1ccnc(-c2ccn3ccc(-c4cccs4)nc23)c1)NCCO. The Hall–Kier alpha value is -2.87. The van der Waals surface area contributed by atoms with Crippen LogP contribution in [0.15, 0.2) is 60.4 Å². The Balaban J connectivity index is 1.57. The van der Waals surface area contributed by atoms with Gasteiger partial charge in [0.1, 0.15) is 5.65 Å². The Morgan fingerprint density at radius 2 is 2.10 bits per heavy atom. The van der Waals surface area contributed by atoms with Crippen molar-refractivity contribution in [3.05, 3.63) is 65.9 Å². The summed E-state index contributed by atoms with van der Waals surface area (Å²) < 4.78 is 1.97. The Labute approximate surface area is 179 Å². The minimum Gasteiger partial charge on any atom is -0.395 e. The molecule has 6 nitrogen and oxygen atoms in total. The van der Waals surface area contributed by atoms with Crippen molar-refractivity contribution in [2.24, 2.45) is 0 Å². The van der Waals surface area contributed by atoms with Crippen LogP contribution in [0.5, 0.6) is 0 Å². The van der Waals surface area contributed by atoms with Crippen LogP contribution in [0, 0.1) is 0 Å². The van der Waals surface area contributed by atoms with Crippen LogP contribution in [0.3, 0.4) is 0 Å². The largest absolute Gasteiger partial charge is 0.395 e. The van der Waals surface area contributed by atoms with Crippen LogP contribution in [0.4, 0.5) is 0 Å². The van der Waals surface area contributed by atoms with Crippen LogP contribution in [-0.4, -0.2) is 44.5 Å². The van der Waals surface area contributed by atoms with Crippen LogP contribution in [0.25, 0.3) is 27.5 Å². The number of carbonyl (C=O) groups is 1. The fourth-order valence-corrected chi connectivity index (χ4v) is 4.09. The summed E-state index contributed by atoms with van der Waals surface area (Å²) in [6.07, 6.45) is 6.80. The molecule has 4 aromatic rings. The van der Waals surface area contributed by atoms with E-state index in [0.717, 1.165) is 33.9 Å². The number of thiophene rings is 1. The van der Waals surface area contributed by atoms with Gasteiger partial charge in [-0.2, -0.15) is 0 Å². The van der Waals surface area contributed by atoms with Gasteiger partial charge in [-0.3, -0.25) is 9.78 Å². The lowest BCUT2D eigenvalue weighted by Crippen LogP contribution is -2.29. The molecule has 4 aromatic heterocycles. The molecule has 30 heavy (non-hydrogen) atoms. The first-order valence-electron chi connectivity index (χ1n) is 10.0. The number of carbonyl (C=O) groups excluding carboxylic acids is 1. The number of rotatable bonds is 9. The highest BCUT2D eigenvalue weighted by atomic mass is 32.1. The van der Waals surface area contributed by atoms with Crippen molar-refractivity contribution < 1.29 is 9.90 Å². The molecule has 0 fully saturated rings. The number of hydrogen-bond acceptors (Lipinski definition) is 6. The summed E-state index contributed by atoms with van der Waals surface area (Å²) in [7, 11) is 0. The zero-order chi connectivity index (χ0) is 20.9. The van der Waals surface area contributed by atoms with E-state index in [1.54, 1.807) is 23.6 Å². The molecule has 0 unspecified atom stereocenters. The number of hydrogen-bond donors (Lipinski definition) is 2. The normalized spacial score (nSPS) is 12.3. The maximum absolute atomic E-state index is 12.7. The second kappa shape index (κ2) is 9.30. The number of aliphatic hydroxyl groups excluding tert-OH is 1. The third kappa shape index (κ3) is 4.48. The predicted octanol–water partition coefficient (Wildman–Crippen LogP) is 4.06. The van der Waals surface area contributed by atoms with Gasteiger partial charge in [-0.1, -0.05) is 6.07 Å². The minimum absolute atomic E-state index is 0.0899. The molecule has 2 N–H and O–H groups in total. The highest BCUT2D eigenvalue weighted by Gasteiger charge is 2.14. The number of nitrogens with zero attached hydrogens (tertiary/aromatic N) is 3. The molecule has 0 aliphatic carbocycles. The molecule has 0 saturated carbocycles. The molecule has 7 heteroatoms. The average molecular weight is 421 g/mol. The van der Waals surface area contributed by atoms with Crippen LogP contribution in [0.1, 0.15) is 30.1 Å². The van der Waals surface area contributed by atoms with E-state index in [1.807, 2.05) is 53.4 Å². The molecule has 0 aliphatic heterocycles. The molecule has 0 saturated heterocycles. The van der Waals surface area contributed by atoms with Gasteiger partial charge in [-0.05, 0) is 49.1 Å². The molecule has 0 aromatic carbocycles. The maximum atomic E-state index is 12.7. The summed E-state index contributed by atoms with van der Waals surface area (Å²) in [5, 5.41) is 14.1. The number of fused-ring (bicyclic) bond motifs is 1. The lowest BCUT2D eigenvalue weighted by atomic mass is 10.0. The standard InChI is InChI=1S/C23H24N4O2S/c1-16(24-10-13-28)4-5-21(29)17-6-9-25-20(15-17)18-7-11-27-12-8-19(26-23(18)27)22-3-2-14-30-22/h2-3,6-9,11-12,14-16,24,28H,4-5,10,13H2,1H3/t16-/m0/s1. The molecule has 4 rings (SSSR count). The summed E-state index contributed by atoms with van der Waals surface area (Å²) in [6, 6.07) is 11.9. The molecule has 154 valence electrons. The fraction of sp³-hybridized carbons (Fsp3) is 0.261. The van der Waals surface area contributed by atoms with E-state index in [-0.39, 0.29) is 18.4 Å².